The van der Waals surface area contributed by atoms with E-state index in [1.165, 1.54) is 37.7 Å². The van der Waals surface area contributed by atoms with Crippen molar-refractivity contribution in [1.29, 1.82) is 0 Å². The zero-order chi connectivity index (χ0) is 14.9. The molecule has 2 unspecified atom stereocenters. The van der Waals surface area contributed by atoms with Crippen LogP contribution in [0.2, 0.25) is 0 Å². The highest BCUT2D eigenvalue weighted by Gasteiger charge is 2.30. The van der Waals surface area contributed by atoms with Gasteiger partial charge in [0.05, 0.1) is 6.10 Å². The summed E-state index contributed by atoms with van der Waals surface area (Å²) in [4.78, 5) is 4.25. The molecular formula is C18H30N2O. The van der Waals surface area contributed by atoms with Gasteiger partial charge in [0.1, 0.15) is 0 Å². The van der Waals surface area contributed by atoms with Gasteiger partial charge >= 0.3 is 0 Å². The van der Waals surface area contributed by atoms with Crippen molar-refractivity contribution in [2.24, 2.45) is 5.92 Å². The van der Waals surface area contributed by atoms with Crippen LogP contribution in [0.1, 0.15) is 51.0 Å². The van der Waals surface area contributed by atoms with E-state index in [0.717, 1.165) is 19.4 Å². The standard InChI is InChI=1S/C18H30N2O/c1-3-11-20-17(13-15-8-7-12-19-14-15)18(21-2)16-9-5-4-6-10-16/h7-8,12,14,16-18,20H,3-6,9-11,13H2,1-2H3. The molecule has 1 aliphatic rings. The van der Waals surface area contributed by atoms with Crippen molar-refractivity contribution in [3.8, 4) is 0 Å². The Labute approximate surface area is 129 Å². The van der Waals surface area contributed by atoms with Crippen molar-refractivity contribution in [3.63, 3.8) is 0 Å². The number of ether oxygens (including phenoxy) is 1. The number of pyridine rings is 1. The molecule has 0 aliphatic heterocycles. The molecule has 1 aromatic rings. The van der Waals surface area contributed by atoms with E-state index in [4.69, 9.17) is 4.74 Å². The summed E-state index contributed by atoms with van der Waals surface area (Å²) in [6.45, 7) is 3.27. The minimum Gasteiger partial charge on any atom is -0.380 e. The van der Waals surface area contributed by atoms with Gasteiger partial charge < -0.3 is 10.1 Å². The molecule has 0 amide bonds. The Morgan fingerprint density at radius 3 is 2.76 bits per heavy atom. The van der Waals surface area contributed by atoms with Gasteiger partial charge in [-0.05, 0) is 49.8 Å². The molecule has 21 heavy (non-hydrogen) atoms. The molecule has 2 atom stereocenters. The molecule has 0 radical (unpaired) electrons. The molecule has 1 N–H and O–H groups in total. The lowest BCUT2D eigenvalue weighted by atomic mass is 9.81. The molecule has 3 heteroatoms. The van der Waals surface area contributed by atoms with E-state index >= 15 is 0 Å². The highest BCUT2D eigenvalue weighted by molar-refractivity contribution is 5.11. The Hall–Kier alpha value is -0.930. The van der Waals surface area contributed by atoms with Crippen LogP contribution in [-0.4, -0.2) is 30.8 Å². The van der Waals surface area contributed by atoms with Crippen LogP contribution in [0, 0.1) is 5.92 Å². The minimum absolute atomic E-state index is 0.317. The van der Waals surface area contributed by atoms with Gasteiger partial charge in [0.15, 0.2) is 0 Å². The van der Waals surface area contributed by atoms with Gasteiger partial charge in [-0.2, -0.15) is 0 Å². The van der Waals surface area contributed by atoms with E-state index in [-0.39, 0.29) is 0 Å². The van der Waals surface area contributed by atoms with Gasteiger partial charge in [-0.3, -0.25) is 4.98 Å². The van der Waals surface area contributed by atoms with Gasteiger partial charge in [0.2, 0.25) is 0 Å². The van der Waals surface area contributed by atoms with E-state index in [0.29, 0.717) is 18.1 Å². The Morgan fingerprint density at radius 1 is 1.33 bits per heavy atom. The van der Waals surface area contributed by atoms with Gasteiger partial charge in [-0.15, -0.1) is 0 Å². The zero-order valence-corrected chi connectivity index (χ0v) is 13.6. The quantitative estimate of drug-likeness (QED) is 0.794. The molecule has 1 aromatic heterocycles. The van der Waals surface area contributed by atoms with Crippen molar-refractivity contribution in [3.05, 3.63) is 30.1 Å². The number of nitrogens with zero attached hydrogens (tertiary/aromatic N) is 1. The molecule has 0 bridgehead atoms. The van der Waals surface area contributed by atoms with E-state index in [9.17, 15) is 0 Å². The molecule has 3 nitrogen and oxygen atoms in total. The zero-order valence-electron chi connectivity index (χ0n) is 13.6. The Morgan fingerprint density at radius 2 is 2.14 bits per heavy atom. The number of aromatic nitrogens is 1. The fourth-order valence-corrected chi connectivity index (χ4v) is 3.55. The first-order chi connectivity index (χ1) is 10.3. The van der Waals surface area contributed by atoms with Crippen LogP contribution in [0.3, 0.4) is 0 Å². The topological polar surface area (TPSA) is 34.2 Å². The van der Waals surface area contributed by atoms with Crippen LogP contribution in [-0.2, 0) is 11.2 Å². The maximum atomic E-state index is 5.94. The molecule has 0 spiro atoms. The molecule has 1 aliphatic carbocycles. The lowest BCUT2D eigenvalue weighted by Gasteiger charge is -2.35. The van der Waals surface area contributed by atoms with Gasteiger partial charge in [-0.25, -0.2) is 0 Å². The first kappa shape index (κ1) is 16.4. The van der Waals surface area contributed by atoms with E-state index in [1.54, 1.807) is 0 Å². The number of hydrogen-bond donors (Lipinski definition) is 1. The maximum absolute atomic E-state index is 5.94. The Kier molecular flexibility index (Phi) is 7.17. The molecule has 1 fully saturated rings. The minimum atomic E-state index is 0.317. The largest absolute Gasteiger partial charge is 0.380 e. The summed E-state index contributed by atoms with van der Waals surface area (Å²) < 4.78 is 5.94. The summed E-state index contributed by atoms with van der Waals surface area (Å²) in [5, 5.41) is 3.71. The number of nitrogens with one attached hydrogen (secondary N) is 1. The van der Waals surface area contributed by atoms with Crippen LogP contribution >= 0.6 is 0 Å². The third kappa shape index (κ3) is 5.08. The van der Waals surface area contributed by atoms with Crippen LogP contribution < -0.4 is 5.32 Å². The predicted molar refractivity (Wildman–Crippen MR) is 87.4 cm³/mol. The van der Waals surface area contributed by atoms with Crippen molar-refractivity contribution in [2.45, 2.75) is 64.0 Å². The van der Waals surface area contributed by atoms with E-state index in [2.05, 4.69) is 23.3 Å². The second kappa shape index (κ2) is 9.16. The van der Waals surface area contributed by atoms with Crippen molar-refractivity contribution < 1.29 is 4.74 Å². The third-order valence-corrected chi connectivity index (χ3v) is 4.62. The van der Waals surface area contributed by atoms with E-state index in [1.807, 2.05) is 25.6 Å². The van der Waals surface area contributed by atoms with Gasteiger partial charge in [0.25, 0.3) is 0 Å². The van der Waals surface area contributed by atoms with Crippen molar-refractivity contribution in [1.82, 2.24) is 10.3 Å². The van der Waals surface area contributed by atoms with Gasteiger partial charge in [0, 0.05) is 25.5 Å². The third-order valence-electron chi connectivity index (χ3n) is 4.62. The van der Waals surface area contributed by atoms with Crippen LogP contribution in [0.15, 0.2) is 24.5 Å². The maximum Gasteiger partial charge on any atom is 0.0755 e. The molecule has 0 saturated heterocycles. The van der Waals surface area contributed by atoms with Crippen molar-refractivity contribution in [2.75, 3.05) is 13.7 Å². The molecule has 2 rings (SSSR count). The predicted octanol–water partition coefficient (Wildman–Crippen LogP) is 3.59. The first-order valence-electron chi connectivity index (χ1n) is 8.50. The van der Waals surface area contributed by atoms with Crippen LogP contribution in [0.25, 0.3) is 0 Å². The van der Waals surface area contributed by atoms with Crippen LogP contribution in [0.4, 0.5) is 0 Å². The second-order valence-electron chi connectivity index (χ2n) is 6.22. The highest BCUT2D eigenvalue weighted by Crippen LogP contribution is 2.30. The fourth-order valence-electron chi connectivity index (χ4n) is 3.55. The summed E-state index contributed by atoms with van der Waals surface area (Å²) in [7, 11) is 1.88. The smallest absolute Gasteiger partial charge is 0.0755 e. The molecule has 1 saturated carbocycles. The van der Waals surface area contributed by atoms with E-state index < -0.39 is 0 Å². The Balaban J connectivity index is 2.04. The number of rotatable bonds is 8. The molecular weight excluding hydrogens is 260 g/mol. The summed E-state index contributed by atoms with van der Waals surface area (Å²) in [6.07, 6.45) is 13.0. The molecule has 1 heterocycles. The number of hydrogen-bond acceptors (Lipinski definition) is 3. The SMILES string of the molecule is CCCNC(Cc1cccnc1)C(OC)C1CCCCC1. The normalized spacial score (nSPS) is 19.3. The van der Waals surface area contributed by atoms with Gasteiger partial charge in [-0.1, -0.05) is 32.3 Å². The molecule has 118 valence electrons. The summed E-state index contributed by atoms with van der Waals surface area (Å²) in [5.41, 5.74) is 1.30. The molecule has 0 aromatic carbocycles. The summed E-state index contributed by atoms with van der Waals surface area (Å²) in [5.74, 6) is 0.703. The number of methoxy groups -OCH3 is 1. The average molecular weight is 290 g/mol. The van der Waals surface area contributed by atoms with Crippen molar-refractivity contribution >= 4 is 0 Å². The second-order valence-corrected chi connectivity index (χ2v) is 6.22. The fraction of sp³-hybridized carbons (Fsp3) is 0.722. The highest BCUT2D eigenvalue weighted by atomic mass is 16.5. The lowest BCUT2D eigenvalue weighted by Crippen LogP contribution is -2.47. The monoisotopic (exact) mass is 290 g/mol. The van der Waals surface area contributed by atoms with Crippen LogP contribution in [0.5, 0.6) is 0 Å². The lowest BCUT2D eigenvalue weighted by molar-refractivity contribution is 0.00832. The summed E-state index contributed by atoms with van der Waals surface area (Å²) >= 11 is 0. The Bertz CT molecular complexity index is 376. The first-order valence-corrected chi connectivity index (χ1v) is 8.50. The summed E-state index contributed by atoms with van der Waals surface area (Å²) in [6, 6.07) is 4.58. The average Bonchev–Trinajstić information content (AvgIpc) is 2.55.